The third-order valence-electron chi connectivity index (χ3n) is 3.57. The molecule has 2 aromatic rings. The minimum atomic E-state index is 0.284. The van der Waals surface area contributed by atoms with Crippen LogP contribution in [0.25, 0.3) is 5.57 Å². The maximum absolute atomic E-state index is 9.48. The van der Waals surface area contributed by atoms with Crippen LogP contribution in [0.2, 0.25) is 0 Å². The Balaban J connectivity index is 2.12. The second kappa shape index (κ2) is 6.91. The van der Waals surface area contributed by atoms with E-state index >= 15 is 0 Å². The van der Waals surface area contributed by atoms with E-state index in [1.807, 2.05) is 48.6 Å². The summed E-state index contributed by atoms with van der Waals surface area (Å²) < 4.78 is 5.83. The molecular formula is C20H12N2OS. The third kappa shape index (κ3) is 3.25. The van der Waals surface area contributed by atoms with Crippen molar-refractivity contribution in [3.8, 4) is 23.6 Å². The van der Waals surface area contributed by atoms with E-state index in [2.05, 4.69) is 12.1 Å². The number of benzene rings is 2. The number of ether oxygens (including phenoxy) is 1. The molecule has 4 heteroatoms. The first-order valence-electron chi connectivity index (χ1n) is 7.34. The number of nitrogens with zero attached hydrogens (tertiary/aromatic N) is 2. The highest BCUT2D eigenvalue weighted by Crippen LogP contribution is 2.32. The number of thiocarbonyl (C=S) groups is 1. The van der Waals surface area contributed by atoms with Crippen LogP contribution in [0.1, 0.15) is 23.1 Å². The van der Waals surface area contributed by atoms with Crippen LogP contribution in [0.4, 0.5) is 0 Å². The predicted molar refractivity (Wildman–Crippen MR) is 96.7 cm³/mol. The molecule has 0 N–H and O–H groups in total. The van der Waals surface area contributed by atoms with Crippen molar-refractivity contribution in [2.24, 2.45) is 0 Å². The van der Waals surface area contributed by atoms with Crippen molar-refractivity contribution < 1.29 is 4.74 Å². The summed E-state index contributed by atoms with van der Waals surface area (Å²) in [5.41, 5.74) is 2.09. The van der Waals surface area contributed by atoms with Crippen molar-refractivity contribution in [3.63, 3.8) is 0 Å². The lowest BCUT2D eigenvalue weighted by Crippen LogP contribution is -2.00. The van der Waals surface area contributed by atoms with Gasteiger partial charge in [0.05, 0.1) is 11.1 Å². The summed E-state index contributed by atoms with van der Waals surface area (Å²) in [7, 11) is 0. The van der Waals surface area contributed by atoms with Gasteiger partial charge < -0.3 is 4.74 Å². The van der Waals surface area contributed by atoms with Gasteiger partial charge in [-0.15, -0.1) is 0 Å². The van der Waals surface area contributed by atoms with Crippen molar-refractivity contribution in [2.45, 2.75) is 6.42 Å². The first-order valence-corrected chi connectivity index (χ1v) is 7.74. The normalized spacial score (nSPS) is 12.9. The lowest BCUT2D eigenvalue weighted by atomic mass is 9.93. The molecule has 24 heavy (non-hydrogen) atoms. The van der Waals surface area contributed by atoms with Gasteiger partial charge in [0.25, 0.3) is 0 Å². The Morgan fingerprint density at radius 1 is 1.00 bits per heavy atom. The number of nitriles is 2. The molecule has 3 nitrogen and oxygen atoms in total. The van der Waals surface area contributed by atoms with Gasteiger partial charge in [0.15, 0.2) is 0 Å². The fourth-order valence-electron chi connectivity index (χ4n) is 2.49. The molecular weight excluding hydrogens is 316 g/mol. The standard InChI is InChI=1S/C20H12N2OS/c21-12-15-9-17(23-16-6-2-1-3-7-16)11-19(20(15)13-22)14-5-4-8-18(24)10-14/h1-7,9-11H,8H2. The molecule has 0 spiro atoms. The average molecular weight is 328 g/mol. The lowest BCUT2D eigenvalue weighted by molar-refractivity contribution is 0.482. The zero-order valence-corrected chi connectivity index (χ0v) is 13.5. The fraction of sp³-hybridized carbons (Fsp3) is 0.0500. The molecule has 1 aliphatic carbocycles. The summed E-state index contributed by atoms with van der Waals surface area (Å²) in [6, 6.07) is 16.9. The molecule has 0 aliphatic heterocycles. The molecule has 2 aromatic carbocycles. The Kier molecular flexibility index (Phi) is 4.52. The summed E-state index contributed by atoms with van der Waals surface area (Å²) in [5, 5.41) is 18.9. The van der Waals surface area contributed by atoms with Crippen LogP contribution < -0.4 is 4.74 Å². The zero-order valence-electron chi connectivity index (χ0n) is 12.7. The average Bonchev–Trinajstić information content (AvgIpc) is 2.61. The largest absolute Gasteiger partial charge is 0.457 e. The molecule has 0 fully saturated rings. The molecule has 0 saturated heterocycles. The van der Waals surface area contributed by atoms with E-state index in [0.717, 1.165) is 10.4 Å². The quantitative estimate of drug-likeness (QED) is 0.749. The summed E-state index contributed by atoms with van der Waals surface area (Å²) in [5.74, 6) is 1.18. The van der Waals surface area contributed by atoms with Crippen LogP contribution >= 0.6 is 12.2 Å². The molecule has 0 aromatic heterocycles. The SMILES string of the molecule is N#Cc1cc(Oc2ccccc2)cc(C2=CC(=S)CC=C2)c1C#N. The molecule has 3 rings (SSSR count). The molecule has 0 amide bonds. The predicted octanol–water partition coefficient (Wildman–Crippen LogP) is 4.94. The van der Waals surface area contributed by atoms with Gasteiger partial charge >= 0.3 is 0 Å². The Hall–Kier alpha value is -3.21. The monoisotopic (exact) mass is 328 g/mol. The highest BCUT2D eigenvalue weighted by atomic mass is 32.1. The maximum atomic E-state index is 9.48. The smallest absolute Gasteiger partial charge is 0.129 e. The summed E-state index contributed by atoms with van der Waals surface area (Å²) in [6.07, 6.45) is 6.44. The molecule has 0 unspecified atom stereocenters. The Labute approximate surface area is 145 Å². The molecule has 0 bridgehead atoms. The van der Waals surface area contributed by atoms with Crippen molar-refractivity contribution >= 4 is 22.7 Å². The van der Waals surface area contributed by atoms with Crippen LogP contribution in [0, 0.1) is 22.7 Å². The van der Waals surface area contributed by atoms with E-state index in [1.54, 1.807) is 12.1 Å². The van der Waals surface area contributed by atoms with Gasteiger partial charge in [0, 0.05) is 16.8 Å². The van der Waals surface area contributed by atoms with E-state index in [0.29, 0.717) is 29.0 Å². The van der Waals surface area contributed by atoms with Crippen molar-refractivity contribution in [3.05, 3.63) is 77.4 Å². The Morgan fingerprint density at radius 3 is 2.46 bits per heavy atom. The fourth-order valence-corrected chi connectivity index (χ4v) is 2.71. The number of para-hydroxylation sites is 1. The molecule has 114 valence electrons. The van der Waals surface area contributed by atoms with Crippen LogP contribution in [0.3, 0.4) is 0 Å². The van der Waals surface area contributed by atoms with E-state index in [9.17, 15) is 10.5 Å². The van der Waals surface area contributed by atoms with Gasteiger partial charge in [-0.25, -0.2) is 0 Å². The number of rotatable bonds is 3. The van der Waals surface area contributed by atoms with Crippen LogP contribution in [0.15, 0.2) is 60.7 Å². The molecule has 0 atom stereocenters. The zero-order chi connectivity index (χ0) is 16.9. The molecule has 0 radical (unpaired) electrons. The Morgan fingerprint density at radius 2 is 1.79 bits per heavy atom. The lowest BCUT2D eigenvalue weighted by Gasteiger charge is -2.13. The minimum Gasteiger partial charge on any atom is -0.457 e. The van der Waals surface area contributed by atoms with Gasteiger partial charge in [-0.3, -0.25) is 0 Å². The van der Waals surface area contributed by atoms with E-state index < -0.39 is 0 Å². The summed E-state index contributed by atoms with van der Waals surface area (Å²) >= 11 is 5.25. The molecule has 1 aliphatic rings. The van der Waals surface area contributed by atoms with Crippen LogP contribution in [-0.4, -0.2) is 4.86 Å². The first kappa shape index (κ1) is 15.7. The summed E-state index contributed by atoms with van der Waals surface area (Å²) in [4.78, 5) is 0.796. The van der Waals surface area contributed by atoms with Crippen LogP contribution in [0.5, 0.6) is 11.5 Å². The first-order chi connectivity index (χ1) is 11.7. The maximum Gasteiger partial charge on any atom is 0.129 e. The minimum absolute atomic E-state index is 0.284. The third-order valence-corrected chi connectivity index (χ3v) is 3.85. The van der Waals surface area contributed by atoms with Crippen molar-refractivity contribution in [2.75, 3.05) is 0 Å². The number of allylic oxidation sites excluding steroid dienone is 4. The van der Waals surface area contributed by atoms with Crippen molar-refractivity contribution in [1.29, 1.82) is 10.5 Å². The topological polar surface area (TPSA) is 56.8 Å². The van der Waals surface area contributed by atoms with E-state index in [4.69, 9.17) is 17.0 Å². The highest BCUT2D eigenvalue weighted by Gasteiger charge is 2.16. The second-order valence-corrected chi connectivity index (χ2v) is 5.73. The summed E-state index contributed by atoms with van der Waals surface area (Å²) in [6.45, 7) is 0. The van der Waals surface area contributed by atoms with E-state index in [-0.39, 0.29) is 5.56 Å². The van der Waals surface area contributed by atoms with Gasteiger partial charge in [0.2, 0.25) is 0 Å². The van der Waals surface area contributed by atoms with Crippen molar-refractivity contribution in [1.82, 2.24) is 0 Å². The Bertz CT molecular complexity index is 944. The van der Waals surface area contributed by atoms with Gasteiger partial charge in [-0.05, 0) is 35.9 Å². The van der Waals surface area contributed by atoms with Crippen LogP contribution in [-0.2, 0) is 0 Å². The number of hydrogen-bond donors (Lipinski definition) is 0. The van der Waals surface area contributed by atoms with Gasteiger partial charge in [-0.2, -0.15) is 10.5 Å². The van der Waals surface area contributed by atoms with Gasteiger partial charge in [0.1, 0.15) is 23.6 Å². The second-order valence-electron chi connectivity index (χ2n) is 5.20. The number of hydrogen-bond acceptors (Lipinski definition) is 4. The molecule has 0 saturated carbocycles. The highest BCUT2D eigenvalue weighted by molar-refractivity contribution is 7.80. The van der Waals surface area contributed by atoms with E-state index in [1.165, 1.54) is 0 Å². The van der Waals surface area contributed by atoms with Gasteiger partial charge in [-0.1, -0.05) is 42.6 Å². The molecule has 0 heterocycles.